The Morgan fingerprint density at radius 2 is 1.88 bits per heavy atom. The van der Waals surface area contributed by atoms with Gasteiger partial charge in [0.1, 0.15) is 11.9 Å². The minimum absolute atomic E-state index is 0.464. The van der Waals surface area contributed by atoms with Crippen LogP contribution < -0.4 is 4.74 Å². The van der Waals surface area contributed by atoms with E-state index in [1.54, 1.807) is 0 Å². The van der Waals surface area contributed by atoms with Crippen LogP contribution in [0.3, 0.4) is 0 Å². The Morgan fingerprint density at radius 3 is 2.76 bits per heavy atom. The molecule has 4 rings (SSSR count). The van der Waals surface area contributed by atoms with Gasteiger partial charge in [-0.15, -0.1) is 0 Å². The van der Waals surface area contributed by atoms with Gasteiger partial charge in [-0.3, -0.25) is 0 Å². The third kappa shape index (κ3) is 1.45. The van der Waals surface area contributed by atoms with Gasteiger partial charge in [0.15, 0.2) is 0 Å². The van der Waals surface area contributed by atoms with Gasteiger partial charge in [0.05, 0.1) is 0 Å². The minimum Gasteiger partial charge on any atom is -0.490 e. The highest BCUT2D eigenvalue weighted by molar-refractivity contribution is 5.23. The van der Waals surface area contributed by atoms with Gasteiger partial charge in [0, 0.05) is 5.92 Å². The fourth-order valence-electron chi connectivity index (χ4n) is 4.29. The molecule has 2 fully saturated rings. The van der Waals surface area contributed by atoms with Crippen molar-refractivity contribution in [1.29, 1.82) is 0 Å². The van der Waals surface area contributed by atoms with Crippen molar-refractivity contribution in [2.75, 3.05) is 0 Å². The third-order valence-electron chi connectivity index (χ3n) is 4.98. The Balaban J connectivity index is 1.53. The van der Waals surface area contributed by atoms with Gasteiger partial charge in [-0.05, 0) is 49.1 Å². The topological polar surface area (TPSA) is 9.23 Å². The van der Waals surface area contributed by atoms with Gasteiger partial charge in [-0.25, -0.2) is 0 Å². The summed E-state index contributed by atoms with van der Waals surface area (Å²) in [6.45, 7) is 0. The summed E-state index contributed by atoms with van der Waals surface area (Å²) in [6, 6.07) is 10.3. The van der Waals surface area contributed by atoms with E-state index < -0.39 is 0 Å². The van der Waals surface area contributed by atoms with Crippen LogP contribution in [0.1, 0.15) is 19.3 Å². The van der Waals surface area contributed by atoms with Gasteiger partial charge < -0.3 is 4.74 Å². The number of benzene rings is 1. The van der Waals surface area contributed by atoms with Crippen LogP contribution in [0.15, 0.2) is 42.5 Å². The summed E-state index contributed by atoms with van der Waals surface area (Å²) in [4.78, 5) is 0. The van der Waals surface area contributed by atoms with Crippen LogP contribution in [0.4, 0.5) is 0 Å². The molecule has 3 aliphatic rings. The first-order chi connectivity index (χ1) is 8.42. The number of hydrogen-bond acceptors (Lipinski definition) is 1. The molecule has 0 unspecified atom stereocenters. The highest BCUT2D eigenvalue weighted by Crippen LogP contribution is 2.57. The summed E-state index contributed by atoms with van der Waals surface area (Å²) < 4.78 is 6.18. The minimum atomic E-state index is 0.464. The Hall–Kier alpha value is -1.24. The average Bonchev–Trinajstić information content (AvgIpc) is 3.01. The molecular formula is C16H18O. The van der Waals surface area contributed by atoms with E-state index in [-0.39, 0.29) is 0 Å². The smallest absolute Gasteiger partial charge is 0.119 e. The standard InChI is InChI=1S/C16H18O/c1-2-5-12(6-3-1)17-16-10-11-9-15(16)14-8-4-7-13(11)14/h1-6,8,11,13-16H,7,9-10H2/t11-,13-,14-,15-,16+/m1/s1. The molecule has 0 heterocycles. The van der Waals surface area contributed by atoms with Gasteiger partial charge >= 0.3 is 0 Å². The first-order valence-corrected chi connectivity index (χ1v) is 6.80. The zero-order valence-corrected chi connectivity index (χ0v) is 9.96. The maximum Gasteiger partial charge on any atom is 0.119 e. The van der Waals surface area contributed by atoms with Crippen molar-refractivity contribution >= 4 is 0 Å². The van der Waals surface area contributed by atoms with Crippen molar-refractivity contribution in [2.45, 2.75) is 25.4 Å². The van der Waals surface area contributed by atoms with Crippen molar-refractivity contribution in [1.82, 2.24) is 0 Å². The lowest BCUT2D eigenvalue weighted by Gasteiger charge is -2.31. The van der Waals surface area contributed by atoms with Crippen LogP contribution in [0.2, 0.25) is 0 Å². The van der Waals surface area contributed by atoms with Gasteiger partial charge in [0.25, 0.3) is 0 Å². The number of ether oxygens (including phenoxy) is 1. The first kappa shape index (κ1) is 9.76. The van der Waals surface area contributed by atoms with E-state index in [1.165, 1.54) is 19.3 Å². The monoisotopic (exact) mass is 226 g/mol. The first-order valence-electron chi connectivity index (χ1n) is 6.80. The van der Waals surface area contributed by atoms with Crippen molar-refractivity contribution < 1.29 is 4.74 Å². The molecule has 2 saturated carbocycles. The molecule has 1 nitrogen and oxygen atoms in total. The Morgan fingerprint density at radius 1 is 1.00 bits per heavy atom. The number of rotatable bonds is 2. The lowest BCUT2D eigenvalue weighted by Crippen LogP contribution is -2.32. The number of fused-ring (bicyclic) bond motifs is 5. The van der Waals surface area contributed by atoms with E-state index in [4.69, 9.17) is 4.74 Å². The average molecular weight is 226 g/mol. The van der Waals surface area contributed by atoms with Crippen LogP contribution in [0.5, 0.6) is 5.75 Å². The number of para-hydroxylation sites is 1. The fraction of sp³-hybridized carbons (Fsp3) is 0.500. The molecule has 1 aromatic rings. The van der Waals surface area contributed by atoms with Crippen LogP contribution in [-0.4, -0.2) is 6.10 Å². The number of allylic oxidation sites excluding steroid dienone is 2. The van der Waals surface area contributed by atoms with E-state index in [9.17, 15) is 0 Å². The van der Waals surface area contributed by atoms with Gasteiger partial charge in [0.2, 0.25) is 0 Å². The molecule has 1 aromatic carbocycles. The van der Waals surface area contributed by atoms with Gasteiger partial charge in [-0.1, -0.05) is 30.4 Å². The zero-order valence-electron chi connectivity index (χ0n) is 9.96. The molecule has 2 bridgehead atoms. The zero-order chi connectivity index (χ0) is 11.2. The van der Waals surface area contributed by atoms with Crippen molar-refractivity contribution in [2.24, 2.45) is 23.7 Å². The summed E-state index contributed by atoms with van der Waals surface area (Å²) >= 11 is 0. The second-order valence-electron chi connectivity index (χ2n) is 5.77. The predicted molar refractivity (Wildman–Crippen MR) is 67.8 cm³/mol. The summed E-state index contributed by atoms with van der Waals surface area (Å²) in [5.74, 6) is 4.53. The van der Waals surface area contributed by atoms with Crippen LogP contribution in [-0.2, 0) is 0 Å². The molecule has 0 saturated heterocycles. The highest BCUT2D eigenvalue weighted by atomic mass is 16.5. The molecule has 0 aromatic heterocycles. The second-order valence-corrected chi connectivity index (χ2v) is 5.77. The second kappa shape index (κ2) is 3.63. The summed E-state index contributed by atoms with van der Waals surface area (Å²) in [5, 5.41) is 0. The van der Waals surface area contributed by atoms with E-state index in [2.05, 4.69) is 36.4 Å². The molecule has 0 spiro atoms. The molecule has 0 radical (unpaired) electrons. The largest absolute Gasteiger partial charge is 0.490 e. The molecule has 88 valence electrons. The van der Waals surface area contributed by atoms with E-state index >= 15 is 0 Å². The van der Waals surface area contributed by atoms with Crippen LogP contribution in [0.25, 0.3) is 0 Å². The SMILES string of the molecule is C1=C[C@@H]2[C@H](C1)[C@@H]1C[C@H]2[C@@H](Oc2ccccc2)C1. The quantitative estimate of drug-likeness (QED) is 0.699. The lowest BCUT2D eigenvalue weighted by atomic mass is 9.80. The third-order valence-corrected chi connectivity index (χ3v) is 4.98. The van der Waals surface area contributed by atoms with Crippen molar-refractivity contribution in [3.8, 4) is 5.75 Å². The molecule has 5 atom stereocenters. The lowest BCUT2D eigenvalue weighted by molar-refractivity contribution is 0.0955. The summed E-state index contributed by atoms with van der Waals surface area (Å²) in [7, 11) is 0. The van der Waals surface area contributed by atoms with Crippen LogP contribution >= 0.6 is 0 Å². The van der Waals surface area contributed by atoms with E-state index in [0.29, 0.717) is 6.10 Å². The summed E-state index contributed by atoms with van der Waals surface area (Å²) in [5.41, 5.74) is 0. The summed E-state index contributed by atoms with van der Waals surface area (Å²) in [6.07, 6.45) is 9.31. The Labute approximate surface area is 102 Å². The Bertz CT molecular complexity index is 436. The van der Waals surface area contributed by atoms with Crippen molar-refractivity contribution in [3.63, 3.8) is 0 Å². The van der Waals surface area contributed by atoms with E-state index in [0.717, 1.165) is 29.4 Å². The van der Waals surface area contributed by atoms with Crippen molar-refractivity contribution in [3.05, 3.63) is 42.5 Å². The predicted octanol–water partition coefficient (Wildman–Crippen LogP) is 3.67. The molecule has 0 N–H and O–H groups in total. The maximum atomic E-state index is 6.18. The number of hydrogen-bond donors (Lipinski definition) is 0. The molecule has 0 aliphatic heterocycles. The highest BCUT2D eigenvalue weighted by Gasteiger charge is 2.53. The van der Waals surface area contributed by atoms with Gasteiger partial charge in [-0.2, -0.15) is 0 Å². The van der Waals surface area contributed by atoms with Crippen LogP contribution in [0, 0.1) is 23.7 Å². The molecule has 1 heteroatoms. The maximum absolute atomic E-state index is 6.18. The molecular weight excluding hydrogens is 208 g/mol. The molecule has 17 heavy (non-hydrogen) atoms. The fourth-order valence-corrected chi connectivity index (χ4v) is 4.29. The normalized spacial score (nSPS) is 41.8. The van der Waals surface area contributed by atoms with E-state index in [1.807, 2.05) is 6.07 Å². The molecule has 3 aliphatic carbocycles. The Kier molecular flexibility index (Phi) is 2.08. The molecule has 0 amide bonds.